The zero-order valence-corrected chi connectivity index (χ0v) is 11.1. The van der Waals surface area contributed by atoms with Crippen LogP contribution in [0.1, 0.15) is 35.2 Å². The van der Waals surface area contributed by atoms with Gasteiger partial charge in [-0.3, -0.25) is 4.79 Å². The zero-order valence-electron chi connectivity index (χ0n) is 10.3. The summed E-state index contributed by atoms with van der Waals surface area (Å²) in [4.78, 5) is 12.2. The van der Waals surface area contributed by atoms with E-state index < -0.39 is 0 Å². The lowest BCUT2D eigenvalue weighted by atomic mass is 10.1. The lowest BCUT2D eigenvalue weighted by Crippen LogP contribution is -2.24. The van der Waals surface area contributed by atoms with Crippen LogP contribution in [0.5, 0.6) is 0 Å². The molecule has 0 radical (unpaired) electrons. The van der Waals surface area contributed by atoms with Crippen LogP contribution in [0.25, 0.3) is 0 Å². The molecule has 0 spiro atoms. The van der Waals surface area contributed by atoms with E-state index in [1.807, 2.05) is 0 Å². The predicted molar refractivity (Wildman–Crippen MR) is 74.1 cm³/mol. The fourth-order valence-electron chi connectivity index (χ4n) is 1.46. The van der Waals surface area contributed by atoms with Crippen molar-refractivity contribution in [3.05, 3.63) is 35.1 Å². The van der Waals surface area contributed by atoms with Crippen LogP contribution >= 0.6 is 12.2 Å². The maximum atomic E-state index is 13.3. The van der Waals surface area contributed by atoms with Gasteiger partial charge in [0.2, 0.25) is 0 Å². The van der Waals surface area contributed by atoms with Gasteiger partial charge in [-0.25, -0.2) is 4.39 Å². The van der Waals surface area contributed by atoms with Crippen LogP contribution in [0.3, 0.4) is 0 Å². The predicted octanol–water partition coefficient (Wildman–Crippen LogP) is 2.32. The summed E-state index contributed by atoms with van der Waals surface area (Å²) in [7, 11) is 0. The van der Waals surface area contributed by atoms with Crippen LogP contribution in [-0.2, 0) is 0 Å². The third kappa shape index (κ3) is 4.79. The maximum Gasteiger partial charge on any atom is 0.251 e. The first-order chi connectivity index (χ1) is 8.50. The Labute approximate surface area is 112 Å². The number of hydrogen-bond acceptors (Lipinski definition) is 2. The molecule has 98 valence electrons. The summed E-state index contributed by atoms with van der Waals surface area (Å²) in [5, 5.41) is 2.73. The molecule has 0 aliphatic rings. The molecule has 3 N–H and O–H groups in total. The molecule has 1 aromatic rings. The number of nitrogens with two attached hydrogens (primary N) is 1. The van der Waals surface area contributed by atoms with Gasteiger partial charge in [0.05, 0.1) is 4.99 Å². The van der Waals surface area contributed by atoms with E-state index in [1.54, 1.807) is 19.1 Å². The standard InChI is InChI=1S/C13H17FN2OS/c1-9-5-6-10(8-11(9)14)13(17)16-7-3-2-4-12(15)18/h5-6,8H,2-4,7H2,1H3,(H2,15,18)(H,16,17). The van der Waals surface area contributed by atoms with E-state index in [1.165, 1.54) is 6.07 Å². The highest BCUT2D eigenvalue weighted by Gasteiger charge is 2.07. The van der Waals surface area contributed by atoms with Crippen LogP contribution in [0.2, 0.25) is 0 Å². The van der Waals surface area contributed by atoms with Gasteiger partial charge in [0.25, 0.3) is 5.91 Å². The Morgan fingerprint density at radius 2 is 2.17 bits per heavy atom. The van der Waals surface area contributed by atoms with Crippen molar-refractivity contribution in [2.45, 2.75) is 26.2 Å². The fraction of sp³-hybridized carbons (Fsp3) is 0.385. The molecule has 18 heavy (non-hydrogen) atoms. The van der Waals surface area contributed by atoms with E-state index in [0.29, 0.717) is 29.1 Å². The van der Waals surface area contributed by atoms with Crippen molar-refractivity contribution in [2.75, 3.05) is 6.54 Å². The Balaban J connectivity index is 2.36. The van der Waals surface area contributed by atoms with Gasteiger partial charge in [-0.2, -0.15) is 0 Å². The molecule has 0 aromatic heterocycles. The zero-order chi connectivity index (χ0) is 13.5. The van der Waals surface area contributed by atoms with Gasteiger partial charge in [0.1, 0.15) is 5.82 Å². The molecule has 0 atom stereocenters. The highest BCUT2D eigenvalue weighted by molar-refractivity contribution is 7.80. The van der Waals surface area contributed by atoms with Crippen LogP contribution in [0.4, 0.5) is 4.39 Å². The minimum atomic E-state index is -0.365. The Morgan fingerprint density at radius 3 is 2.78 bits per heavy atom. The SMILES string of the molecule is Cc1ccc(C(=O)NCCCCC(N)=S)cc1F. The second kappa shape index (κ2) is 7.06. The number of halogens is 1. The minimum absolute atomic E-state index is 0.260. The second-order valence-corrected chi connectivity index (χ2v) is 4.67. The van der Waals surface area contributed by atoms with Gasteiger partial charge in [-0.1, -0.05) is 18.3 Å². The molecule has 1 amide bonds. The quantitative estimate of drug-likeness (QED) is 0.615. The van der Waals surface area contributed by atoms with Crippen molar-refractivity contribution in [3.63, 3.8) is 0 Å². The molecule has 1 rings (SSSR count). The average Bonchev–Trinajstić information content (AvgIpc) is 2.31. The molecule has 0 aliphatic heterocycles. The van der Waals surface area contributed by atoms with Gasteiger partial charge in [0, 0.05) is 12.1 Å². The van der Waals surface area contributed by atoms with E-state index in [4.69, 9.17) is 18.0 Å². The highest BCUT2D eigenvalue weighted by atomic mass is 32.1. The summed E-state index contributed by atoms with van der Waals surface area (Å²) in [6.45, 7) is 2.20. The summed E-state index contributed by atoms with van der Waals surface area (Å²) in [6, 6.07) is 4.46. The third-order valence-corrected chi connectivity index (χ3v) is 2.77. The Morgan fingerprint density at radius 1 is 1.44 bits per heavy atom. The number of benzene rings is 1. The Kier molecular flexibility index (Phi) is 5.71. The molecule has 0 fully saturated rings. The number of carbonyl (C=O) groups excluding carboxylic acids is 1. The molecule has 0 unspecified atom stereocenters. The molecule has 1 aromatic carbocycles. The smallest absolute Gasteiger partial charge is 0.251 e. The molecule has 0 saturated carbocycles. The molecule has 0 aliphatic carbocycles. The second-order valence-electron chi connectivity index (χ2n) is 4.14. The highest BCUT2D eigenvalue weighted by Crippen LogP contribution is 2.09. The number of thiocarbonyl (C=S) groups is 1. The normalized spacial score (nSPS) is 10.1. The van der Waals surface area contributed by atoms with Crippen LogP contribution < -0.4 is 11.1 Å². The number of nitrogens with one attached hydrogen (secondary N) is 1. The number of hydrogen-bond donors (Lipinski definition) is 2. The summed E-state index contributed by atoms with van der Waals surface area (Å²) in [6.07, 6.45) is 2.33. The summed E-state index contributed by atoms with van der Waals surface area (Å²) in [5.74, 6) is -0.625. The number of unbranched alkanes of at least 4 members (excludes halogenated alkanes) is 1. The van der Waals surface area contributed by atoms with Crippen LogP contribution in [0, 0.1) is 12.7 Å². The first-order valence-corrected chi connectivity index (χ1v) is 6.24. The van der Waals surface area contributed by atoms with Gasteiger partial charge in [-0.05, 0) is 43.9 Å². The molecule has 3 nitrogen and oxygen atoms in total. The lowest BCUT2D eigenvalue weighted by molar-refractivity contribution is 0.0952. The van der Waals surface area contributed by atoms with Crippen molar-refractivity contribution in [1.29, 1.82) is 0 Å². The number of rotatable bonds is 6. The number of amides is 1. The lowest BCUT2D eigenvalue weighted by Gasteiger charge is -2.06. The molecule has 0 bridgehead atoms. The topological polar surface area (TPSA) is 55.1 Å². The Bertz CT molecular complexity index is 449. The van der Waals surface area contributed by atoms with Crippen molar-refractivity contribution in [1.82, 2.24) is 5.32 Å². The Hall–Kier alpha value is -1.49. The first kappa shape index (κ1) is 14.6. The molecule has 0 heterocycles. The average molecular weight is 268 g/mol. The van der Waals surface area contributed by atoms with Gasteiger partial charge in [0.15, 0.2) is 0 Å². The van der Waals surface area contributed by atoms with E-state index in [9.17, 15) is 9.18 Å². The van der Waals surface area contributed by atoms with Crippen molar-refractivity contribution < 1.29 is 9.18 Å². The van der Waals surface area contributed by atoms with Gasteiger partial charge >= 0.3 is 0 Å². The summed E-state index contributed by atoms with van der Waals surface area (Å²) in [5.41, 5.74) is 6.23. The monoisotopic (exact) mass is 268 g/mol. The summed E-state index contributed by atoms with van der Waals surface area (Å²) < 4.78 is 13.3. The van der Waals surface area contributed by atoms with Crippen LogP contribution in [0.15, 0.2) is 18.2 Å². The first-order valence-electron chi connectivity index (χ1n) is 5.83. The largest absolute Gasteiger partial charge is 0.393 e. The third-order valence-electron chi connectivity index (χ3n) is 2.57. The molecular weight excluding hydrogens is 251 g/mol. The number of carbonyl (C=O) groups is 1. The molecule has 5 heteroatoms. The van der Waals surface area contributed by atoms with Crippen molar-refractivity contribution in [3.8, 4) is 0 Å². The van der Waals surface area contributed by atoms with E-state index in [-0.39, 0.29) is 11.7 Å². The maximum absolute atomic E-state index is 13.3. The van der Waals surface area contributed by atoms with E-state index >= 15 is 0 Å². The van der Waals surface area contributed by atoms with Crippen molar-refractivity contribution in [2.24, 2.45) is 5.73 Å². The van der Waals surface area contributed by atoms with E-state index in [2.05, 4.69) is 5.32 Å². The molecule has 0 saturated heterocycles. The fourth-order valence-corrected chi connectivity index (χ4v) is 1.61. The van der Waals surface area contributed by atoms with E-state index in [0.717, 1.165) is 12.8 Å². The van der Waals surface area contributed by atoms with Gasteiger partial charge in [-0.15, -0.1) is 0 Å². The van der Waals surface area contributed by atoms with Crippen molar-refractivity contribution >= 4 is 23.1 Å². The van der Waals surface area contributed by atoms with Crippen LogP contribution in [-0.4, -0.2) is 17.4 Å². The molecular formula is C13H17FN2OS. The van der Waals surface area contributed by atoms with Gasteiger partial charge < -0.3 is 11.1 Å². The minimum Gasteiger partial charge on any atom is -0.393 e. The summed E-state index contributed by atoms with van der Waals surface area (Å²) >= 11 is 4.75. The number of aryl methyl sites for hydroxylation is 1.